The van der Waals surface area contributed by atoms with Crippen LogP contribution in [0.1, 0.15) is 20.8 Å². The van der Waals surface area contributed by atoms with Gasteiger partial charge in [-0.25, -0.2) is 8.78 Å². The molecule has 1 aromatic rings. The highest BCUT2D eigenvalue weighted by Gasteiger charge is 2.13. The van der Waals surface area contributed by atoms with Gasteiger partial charge in [0.1, 0.15) is 11.6 Å². The lowest BCUT2D eigenvalue weighted by atomic mass is 10.1. The number of halogens is 2. The van der Waals surface area contributed by atoms with Crippen LogP contribution in [0, 0.1) is 17.6 Å². The number of nitrogens with one attached hydrogen (secondary N) is 1. The first-order valence-corrected chi connectivity index (χ1v) is 6.84. The minimum absolute atomic E-state index is 0.313. The molecular weight excluding hydrogens is 240 g/mol. The maximum Gasteiger partial charge on any atom is 0.136 e. The second kappa shape index (κ2) is 6.97. The fraction of sp³-hybridized carbons (Fsp3) is 0.538. The van der Waals surface area contributed by atoms with E-state index >= 15 is 0 Å². The average Bonchev–Trinajstić information content (AvgIpc) is 2.28. The van der Waals surface area contributed by atoms with Crippen LogP contribution in [0.25, 0.3) is 0 Å². The molecule has 96 valence electrons. The molecule has 1 nitrogen and oxygen atoms in total. The summed E-state index contributed by atoms with van der Waals surface area (Å²) in [7, 11) is 0. The van der Waals surface area contributed by atoms with E-state index in [9.17, 15) is 8.78 Å². The average molecular weight is 259 g/mol. The summed E-state index contributed by atoms with van der Waals surface area (Å²) in [4.78, 5) is 0.383. The topological polar surface area (TPSA) is 12.0 Å². The molecule has 1 rings (SSSR count). The lowest BCUT2D eigenvalue weighted by Gasteiger charge is -2.21. The van der Waals surface area contributed by atoms with Gasteiger partial charge in [-0.2, -0.15) is 0 Å². The summed E-state index contributed by atoms with van der Waals surface area (Å²) in [5, 5.41) is 3.35. The molecule has 1 unspecified atom stereocenters. The highest BCUT2D eigenvalue weighted by atomic mass is 32.2. The Morgan fingerprint density at radius 3 is 2.59 bits per heavy atom. The molecule has 1 N–H and O–H groups in total. The Kier molecular flexibility index (Phi) is 5.92. The zero-order valence-electron chi connectivity index (χ0n) is 10.5. The van der Waals surface area contributed by atoms with Gasteiger partial charge in [-0.05, 0) is 30.7 Å². The number of thioether (sulfide) groups is 1. The van der Waals surface area contributed by atoms with Crippen LogP contribution in [0.5, 0.6) is 0 Å². The number of hydrogen-bond acceptors (Lipinski definition) is 2. The Labute approximate surface area is 106 Å². The molecule has 0 radical (unpaired) electrons. The zero-order valence-corrected chi connectivity index (χ0v) is 11.3. The molecule has 17 heavy (non-hydrogen) atoms. The highest BCUT2D eigenvalue weighted by Crippen LogP contribution is 2.24. The molecule has 0 aliphatic rings. The van der Waals surface area contributed by atoms with Gasteiger partial charge in [0.15, 0.2) is 0 Å². The van der Waals surface area contributed by atoms with E-state index in [-0.39, 0.29) is 5.82 Å². The van der Waals surface area contributed by atoms with E-state index in [1.54, 1.807) is 0 Å². The summed E-state index contributed by atoms with van der Waals surface area (Å²) < 4.78 is 26.4. The van der Waals surface area contributed by atoms with Gasteiger partial charge in [-0.1, -0.05) is 20.8 Å². The normalized spacial score (nSPS) is 13.1. The van der Waals surface area contributed by atoms with Crippen LogP contribution in [0.15, 0.2) is 23.1 Å². The van der Waals surface area contributed by atoms with Gasteiger partial charge in [0.25, 0.3) is 0 Å². The van der Waals surface area contributed by atoms with Gasteiger partial charge in [0, 0.05) is 16.7 Å². The van der Waals surface area contributed by atoms with E-state index in [1.165, 1.54) is 23.9 Å². The molecule has 0 spiro atoms. The lowest BCUT2D eigenvalue weighted by molar-refractivity contribution is 0.443. The highest BCUT2D eigenvalue weighted by molar-refractivity contribution is 7.99. The van der Waals surface area contributed by atoms with Crippen LogP contribution in [0.4, 0.5) is 8.78 Å². The predicted molar refractivity (Wildman–Crippen MR) is 69.4 cm³/mol. The number of hydrogen-bond donors (Lipinski definition) is 1. The quantitative estimate of drug-likeness (QED) is 0.782. The molecule has 1 atom stereocenters. The maximum absolute atomic E-state index is 13.4. The van der Waals surface area contributed by atoms with Crippen molar-refractivity contribution in [3.05, 3.63) is 29.8 Å². The van der Waals surface area contributed by atoms with Gasteiger partial charge in [-0.3, -0.25) is 0 Å². The third-order valence-electron chi connectivity index (χ3n) is 2.58. The van der Waals surface area contributed by atoms with Crippen LogP contribution in [-0.4, -0.2) is 18.3 Å². The Morgan fingerprint density at radius 2 is 2.00 bits per heavy atom. The molecule has 0 bridgehead atoms. The summed E-state index contributed by atoms with van der Waals surface area (Å²) in [6.45, 7) is 7.17. The van der Waals surface area contributed by atoms with Crippen molar-refractivity contribution in [2.45, 2.75) is 31.7 Å². The molecule has 0 saturated heterocycles. The maximum atomic E-state index is 13.4. The Morgan fingerprint density at radius 1 is 1.29 bits per heavy atom. The van der Waals surface area contributed by atoms with E-state index in [2.05, 4.69) is 19.2 Å². The van der Waals surface area contributed by atoms with Crippen molar-refractivity contribution < 1.29 is 8.78 Å². The first kappa shape index (κ1) is 14.5. The molecule has 1 aromatic carbocycles. The molecule has 0 aromatic heterocycles. The van der Waals surface area contributed by atoms with Crippen LogP contribution < -0.4 is 5.32 Å². The Bertz CT molecular complexity index is 355. The van der Waals surface area contributed by atoms with Gasteiger partial charge in [0.05, 0.1) is 0 Å². The Balaban J connectivity index is 2.61. The first-order valence-electron chi connectivity index (χ1n) is 5.85. The van der Waals surface area contributed by atoms with Crippen molar-refractivity contribution in [2.75, 3.05) is 12.3 Å². The lowest BCUT2D eigenvalue weighted by Crippen LogP contribution is -2.35. The van der Waals surface area contributed by atoms with E-state index in [0.717, 1.165) is 18.4 Å². The van der Waals surface area contributed by atoms with E-state index in [0.29, 0.717) is 16.9 Å². The van der Waals surface area contributed by atoms with Crippen LogP contribution in [0.3, 0.4) is 0 Å². The SMILES string of the molecule is CCNC(CSc1cc(F)ccc1F)C(C)C. The van der Waals surface area contributed by atoms with Crippen LogP contribution in [-0.2, 0) is 0 Å². The van der Waals surface area contributed by atoms with Gasteiger partial charge in [-0.15, -0.1) is 11.8 Å². The molecule has 0 saturated carbocycles. The Hall–Kier alpha value is -0.610. The van der Waals surface area contributed by atoms with Gasteiger partial charge < -0.3 is 5.32 Å². The summed E-state index contributed by atoms with van der Waals surface area (Å²) in [5.41, 5.74) is 0. The van der Waals surface area contributed by atoms with Crippen molar-refractivity contribution in [3.8, 4) is 0 Å². The van der Waals surface area contributed by atoms with Crippen molar-refractivity contribution in [1.29, 1.82) is 0 Å². The van der Waals surface area contributed by atoms with Crippen molar-refractivity contribution in [2.24, 2.45) is 5.92 Å². The molecular formula is C13H19F2NS. The van der Waals surface area contributed by atoms with E-state index < -0.39 is 5.82 Å². The molecule has 0 heterocycles. The largest absolute Gasteiger partial charge is 0.313 e. The van der Waals surface area contributed by atoms with Crippen LogP contribution >= 0.6 is 11.8 Å². The minimum atomic E-state index is -0.390. The van der Waals surface area contributed by atoms with Crippen LogP contribution in [0.2, 0.25) is 0 Å². The zero-order chi connectivity index (χ0) is 12.8. The first-order chi connectivity index (χ1) is 8.04. The smallest absolute Gasteiger partial charge is 0.136 e. The molecule has 0 amide bonds. The van der Waals surface area contributed by atoms with Crippen molar-refractivity contribution in [1.82, 2.24) is 5.32 Å². The van der Waals surface area contributed by atoms with E-state index in [4.69, 9.17) is 0 Å². The monoisotopic (exact) mass is 259 g/mol. The number of rotatable bonds is 6. The molecule has 0 fully saturated rings. The van der Waals surface area contributed by atoms with Crippen molar-refractivity contribution >= 4 is 11.8 Å². The minimum Gasteiger partial charge on any atom is -0.313 e. The van der Waals surface area contributed by atoms with Gasteiger partial charge in [0.2, 0.25) is 0 Å². The molecule has 4 heteroatoms. The second-order valence-corrected chi connectivity index (χ2v) is 5.36. The fourth-order valence-electron chi connectivity index (χ4n) is 1.52. The van der Waals surface area contributed by atoms with Gasteiger partial charge >= 0.3 is 0 Å². The van der Waals surface area contributed by atoms with Crippen molar-refractivity contribution in [3.63, 3.8) is 0 Å². The third kappa shape index (κ3) is 4.64. The molecule has 0 aliphatic carbocycles. The second-order valence-electron chi connectivity index (χ2n) is 4.29. The summed E-state index contributed by atoms with van der Waals surface area (Å²) >= 11 is 1.36. The standard InChI is InChI=1S/C13H19F2NS/c1-4-16-12(9(2)3)8-17-13-7-10(14)5-6-11(13)15/h5-7,9,12,16H,4,8H2,1-3H3. The summed E-state index contributed by atoms with van der Waals surface area (Å²) in [5.74, 6) is 0.472. The molecule has 0 aliphatic heterocycles. The van der Waals surface area contributed by atoms with E-state index in [1.807, 2.05) is 6.92 Å². The fourth-order valence-corrected chi connectivity index (χ4v) is 2.78. The summed E-state index contributed by atoms with van der Waals surface area (Å²) in [6.07, 6.45) is 0. The summed E-state index contributed by atoms with van der Waals surface area (Å²) in [6, 6.07) is 3.88. The predicted octanol–water partition coefficient (Wildman–Crippen LogP) is 3.69. The third-order valence-corrected chi connectivity index (χ3v) is 3.73. The number of benzene rings is 1.